The number of hydrogen-bond acceptors (Lipinski definition) is 0. The van der Waals surface area contributed by atoms with E-state index in [0.717, 1.165) is 23.7 Å². The molecular formula is C23H29Si. The Bertz CT molecular complexity index is 596. The van der Waals surface area contributed by atoms with Crippen LogP contribution in [0.25, 0.3) is 0 Å². The van der Waals surface area contributed by atoms with Crippen LogP contribution in [0.5, 0.6) is 0 Å². The normalized spacial score (nSPS) is 29.1. The molecule has 24 heavy (non-hydrogen) atoms. The fourth-order valence-electron chi connectivity index (χ4n) is 5.45. The molecule has 0 aromatic heterocycles. The van der Waals surface area contributed by atoms with Gasteiger partial charge in [0.25, 0.3) is 0 Å². The predicted molar refractivity (Wildman–Crippen MR) is 105 cm³/mol. The standard InChI is InChI=1S/C23H29Si/c1-18-19(17-20-9-8-14-23(18)20)15-16-24(21-10-4-2-5-11-21)22-12-6-3-7-13-22/h2-7,10-13,18-20,23H,8-9,14-17H2,1H3/t18-,19+,20+,23-/m0/s1. The van der Waals surface area contributed by atoms with Crippen molar-refractivity contribution in [3.63, 3.8) is 0 Å². The lowest BCUT2D eigenvalue weighted by Crippen LogP contribution is -2.42. The van der Waals surface area contributed by atoms with Crippen LogP contribution in [-0.4, -0.2) is 8.80 Å². The van der Waals surface area contributed by atoms with Gasteiger partial charge in [-0.3, -0.25) is 0 Å². The van der Waals surface area contributed by atoms with E-state index < -0.39 is 8.80 Å². The van der Waals surface area contributed by atoms with Gasteiger partial charge in [0.1, 0.15) is 8.80 Å². The minimum Gasteiger partial charge on any atom is -0.0628 e. The maximum Gasteiger partial charge on any atom is 0.121 e. The SMILES string of the molecule is C[C@H]1[C@H](CC[Si](c2ccccc2)c2ccccc2)C[C@H]2CCC[C@H]21. The lowest BCUT2D eigenvalue weighted by molar-refractivity contribution is 0.322. The molecule has 0 spiro atoms. The van der Waals surface area contributed by atoms with Crippen LogP contribution >= 0.6 is 0 Å². The van der Waals surface area contributed by atoms with Crippen LogP contribution in [0.2, 0.25) is 6.04 Å². The Balaban J connectivity index is 1.49. The van der Waals surface area contributed by atoms with Crippen molar-refractivity contribution in [2.24, 2.45) is 23.7 Å². The zero-order chi connectivity index (χ0) is 16.4. The van der Waals surface area contributed by atoms with Crippen molar-refractivity contribution in [2.45, 2.75) is 45.1 Å². The number of hydrogen-bond donors (Lipinski definition) is 0. The molecule has 4 rings (SSSR count). The molecule has 2 aromatic carbocycles. The molecule has 0 bridgehead atoms. The van der Waals surface area contributed by atoms with E-state index in [9.17, 15) is 0 Å². The smallest absolute Gasteiger partial charge is 0.0628 e. The quantitative estimate of drug-likeness (QED) is 0.692. The van der Waals surface area contributed by atoms with Gasteiger partial charge in [-0.2, -0.15) is 0 Å². The average molecular weight is 334 g/mol. The van der Waals surface area contributed by atoms with Crippen LogP contribution in [-0.2, 0) is 0 Å². The highest BCUT2D eigenvalue weighted by Gasteiger charge is 2.42. The third-order valence-electron chi connectivity index (χ3n) is 6.75. The molecule has 1 radical (unpaired) electrons. The minimum atomic E-state index is -0.633. The Labute approximate surface area is 148 Å². The average Bonchev–Trinajstić information content (AvgIpc) is 3.21. The molecule has 4 atom stereocenters. The molecule has 2 aromatic rings. The molecule has 0 aliphatic heterocycles. The van der Waals surface area contributed by atoms with Crippen molar-refractivity contribution in [2.75, 3.05) is 0 Å². The third kappa shape index (κ3) is 3.24. The summed E-state index contributed by atoms with van der Waals surface area (Å²) >= 11 is 0. The molecular weight excluding hydrogens is 304 g/mol. The molecule has 2 saturated carbocycles. The lowest BCUT2D eigenvalue weighted by Gasteiger charge is -2.22. The summed E-state index contributed by atoms with van der Waals surface area (Å²) in [5, 5.41) is 3.17. The number of benzene rings is 2. The minimum absolute atomic E-state index is 0.633. The fourth-order valence-corrected chi connectivity index (χ4v) is 8.21. The second-order valence-corrected chi connectivity index (χ2v) is 10.6. The second kappa shape index (κ2) is 7.27. The first-order valence-corrected chi connectivity index (χ1v) is 11.5. The Morgan fingerprint density at radius 1 is 0.875 bits per heavy atom. The van der Waals surface area contributed by atoms with E-state index in [2.05, 4.69) is 67.6 Å². The largest absolute Gasteiger partial charge is 0.121 e. The molecule has 2 fully saturated rings. The van der Waals surface area contributed by atoms with E-state index >= 15 is 0 Å². The topological polar surface area (TPSA) is 0 Å². The number of fused-ring (bicyclic) bond motifs is 1. The predicted octanol–water partition coefficient (Wildman–Crippen LogP) is 4.76. The van der Waals surface area contributed by atoms with Gasteiger partial charge < -0.3 is 0 Å². The maximum atomic E-state index is 2.55. The highest BCUT2D eigenvalue weighted by Crippen LogP contribution is 2.51. The summed E-state index contributed by atoms with van der Waals surface area (Å²) in [5.74, 6) is 4.06. The molecule has 2 aliphatic carbocycles. The zero-order valence-electron chi connectivity index (χ0n) is 14.8. The third-order valence-corrected chi connectivity index (χ3v) is 9.60. The fraction of sp³-hybridized carbons (Fsp3) is 0.478. The van der Waals surface area contributed by atoms with Crippen molar-refractivity contribution in [3.05, 3.63) is 60.7 Å². The number of rotatable bonds is 5. The second-order valence-electron chi connectivity index (χ2n) is 7.96. The molecule has 0 heterocycles. The molecule has 0 N–H and O–H groups in total. The molecule has 0 amide bonds. The monoisotopic (exact) mass is 333 g/mol. The lowest BCUT2D eigenvalue weighted by atomic mass is 9.88. The first kappa shape index (κ1) is 16.1. The first-order valence-electron chi connectivity index (χ1n) is 9.79. The van der Waals surface area contributed by atoms with Crippen molar-refractivity contribution in [1.82, 2.24) is 0 Å². The van der Waals surface area contributed by atoms with Crippen LogP contribution in [0.4, 0.5) is 0 Å². The molecule has 2 aliphatic rings. The van der Waals surface area contributed by atoms with Gasteiger partial charge in [0.15, 0.2) is 0 Å². The summed E-state index contributed by atoms with van der Waals surface area (Å²) in [6.07, 6.45) is 7.48. The van der Waals surface area contributed by atoms with Gasteiger partial charge in [-0.1, -0.05) is 103 Å². The van der Waals surface area contributed by atoms with Gasteiger partial charge >= 0.3 is 0 Å². The highest BCUT2D eigenvalue weighted by molar-refractivity contribution is 6.85. The van der Waals surface area contributed by atoms with Crippen LogP contribution in [0.15, 0.2) is 60.7 Å². The van der Waals surface area contributed by atoms with E-state index in [1.807, 2.05) is 0 Å². The van der Waals surface area contributed by atoms with Crippen molar-refractivity contribution < 1.29 is 0 Å². The summed E-state index contributed by atoms with van der Waals surface area (Å²) in [6.45, 7) is 2.55. The summed E-state index contributed by atoms with van der Waals surface area (Å²) < 4.78 is 0. The van der Waals surface area contributed by atoms with Gasteiger partial charge in [-0.15, -0.1) is 0 Å². The summed E-state index contributed by atoms with van der Waals surface area (Å²) in [4.78, 5) is 0. The van der Waals surface area contributed by atoms with Gasteiger partial charge in [0.05, 0.1) is 0 Å². The zero-order valence-corrected chi connectivity index (χ0v) is 15.8. The van der Waals surface area contributed by atoms with Crippen LogP contribution in [0, 0.1) is 23.7 Å². The maximum absolute atomic E-state index is 2.55. The summed E-state index contributed by atoms with van der Waals surface area (Å²) in [7, 11) is -0.633. The van der Waals surface area contributed by atoms with Crippen molar-refractivity contribution in [1.29, 1.82) is 0 Å². The molecule has 0 nitrogen and oxygen atoms in total. The van der Waals surface area contributed by atoms with Crippen LogP contribution in [0.3, 0.4) is 0 Å². The van der Waals surface area contributed by atoms with E-state index in [4.69, 9.17) is 0 Å². The van der Waals surface area contributed by atoms with Crippen molar-refractivity contribution >= 4 is 19.2 Å². The highest BCUT2D eigenvalue weighted by atomic mass is 28.3. The van der Waals surface area contributed by atoms with Crippen LogP contribution in [0.1, 0.15) is 39.0 Å². The first-order chi connectivity index (χ1) is 11.8. The van der Waals surface area contributed by atoms with Gasteiger partial charge in [0.2, 0.25) is 0 Å². The Morgan fingerprint density at radius 2 is 1.50 bits per heavy atom. The van der Waals surface area contributed by atoms with Crippen molar-refractivity contribution in [3.8, 4) is 0 Å². The molecule has 0 saturated heterocycles. The van der Waals surface area contributed by atoms with E-state index in [-0.39, 0.29) is 0 Å². The van der Waals surface area contributed by atoms with Crippen LogP contribution < -0.4 is 10.4 Å². The van der Waals surface area contributed by atoms with E-state index in [1.165, 1.54) is 38.1 Å². The Hall–Kier alpha value is -1.34. The summed E-state index contributed by atoms with van der Waals surface area (Å²) in [6, 6.07) is 24.0. The summed E-state index contributed by atoms with van der Waals surface area (Å²) in [5.41, 5.74) is 0. The van der Waals surface area contributed by atoms with Gasteiger partial charge in [0, 0.05) is 0 Å². The van der Waals surface area contributed by atoms with E-state index in [0.29, 0.717) is 0 Å². The Morgan fingerprint density at radius 3 is 2.08 bits per heavy atom. The van der Waals surface area contributed by atoms with Gasteiger partial charge in [-0.25, -0.2) is 0 Å². The molecule has 0 unspecified atom stereocenters. The Kier molecular flexibility index (Phi) is 4.89. The molecule has 1 heteroatoms. The molecule has 125 valence electrons. The van der Waals surface area contributed by atoms with Gasteiger partial charge in [-0.05, 0) is 36.5 Å². The van der Waals surface area contributed by atoms with E-state index in [1.54, 1.807) is 10.4 Å².